The average Bonchev–Trinajstić information content (AvgIpc) is 2.01. The molecule has 0 aliphatic heterocycles. The lowest BCUT2D eigenvalue weighted by Crippen LogP contribution is -2.55. The second-order valence-electron chi connectivity index (χ2n) is 5.93. The van der Waals surface area contributed by atoms with Crippen LogP contribution in [0.25, 0.3) is 0 Å². The lowest BCUT2D eigenvalue weighted by atomic mass is 9.68. The summed E-state index contributed by atoms with van der Waals surface area (Å²) in [7, 11) is 0. The van der Waals surface area contributed by atoms with Gasteiger partial charge in [-0.3, -0.25) is 0 Å². The van der Waals surface area contributed by atoms with E-state index < -0.39 is 0 Å². The van der Waals surface area contributed by atoms with Crippen molar-refractivity contribution in [1.29, 1.82) is 0 Å². The van der Waals surface area contributed by atoms with Crippen molar-refractivity contribution in [3.63, 3.8) is 0 Å². The first-order valence-corrected chi connectivity index (χ1v) is 5.78. The van der Waals surface area contributed by atoms with Gasteiger partial charge in [0, 0.05) is 11.6 Å². The number of aliphatic hydroxyl groups excluding tert-OH is 1. The Morgan fingerprint density at radius 2 is 1.93 bits per heavy atom. The quantitative estimate of drug-likeness (QED) is 0.731. The van der Waals surface area contributed by atoms with Gasteiger partial charge in [0.15, 0.2) is 0 Å². The van der Waals surface area contributed by atoms with E-state index in [-0.39, 0.29) is 12.1 Å². The van der Waals surface area contributed by atoms with Gasteiger partial charge in [-0.2, -0.15) is 0 Å². The van der Waals surface area contributed by atoms with Crippen molar-refractivity contribution in [2.45, 2.75) is 65.0 Å². The molecule has 14 heavy (non-hydrogen) atoms. The summed E-state index contributed by atoms with van der Waals surface area (Å²) in [5.41, 5.74) is 0.360. The molecule has 1 unspecified atom stereocenters. The SMILES string of the molecule is CC(C)NC1(CO)CCCC(C)(C)C1. The fourth-order valence-corrected chi connectivity index (χ4v) is 2.91. The second-order valence-corrected chi connectivity index (χ2v) is 5.93. The van der Waals surface area contributed by atoms with Crippen LogP contribution in [0, 0.1) is 5.41 Å². The summed E-state index contributed by atoms with van der Waals surface area (Å²) in [6, 6.07) is 0.455. The molecule has 2 heteroatoms. The van der Waals surface area contributed by atoms with E-state index in [0.717, 1.165) is 12.8 Å². The van der Waals surface area contributed by atoms with Gasteiger partial charge >= 0.3 is 0 Å². The van der Waals surface area contributed by atoms with E-state index in [9.17, 15) is 5.11 Å². The normalized spacial score (nSPS) is 32.1. The molecule has 1 fully saturated rings. The number of nitrogens with one attached hydrogen (secondary N) is 1. The lowest BCUT2D eigenvalue weighted by molar-refractivity contribution is 0.0566. The molecular formula is C12H25NO. The third-order valence-electron chi connectivity index (χ3n) is 3.22. The molecule has 0 saturated heterocycles. The minimum atomic E-state index is -0.0179. The molecule has 2 N–H and O–H groups in total. The fourth-order valence-electron chi connectivity index (χ4n) is 2.91. The Morgan fingerprint density at radius 1 is 1.29 bits per heavy atom. The molecule has 1 saturated carbocycles. The fraction of sp³-hybridized carbons (Fsp3) is 1.00. The number of hydrogen-bond donors (Lipinski definition) is 2. The first-order chi connectivity index (χ1) is 6.39. The van der Waals surface area contributed by atoms with Crippen LogP contribution >= 0.6 is 0 Å². The van der Waals surface area contributed by atoms with Crippen molar-refractivity contribution in [3.8, 4) is 0 Å². The summed E-state index contributed by atoms with van der Waals surface area (Å²) < 4.78 is 0. The van der Waals surface area contributed by atoms with Crippen LogP contribution in [0.2, 0.25) is 0 Å². The monoisotopic (exact) mass is 199 g/mol. The zero-order chi connectivity index (χ0) is 10.8. The van der Waals surface area contributed by atoms with E-state index in [0.29, 0.717) is 11.5 Å². The summed E-state index contributed by atoms with van der Waals surface area (Å²) in [6.07, 6.45) is 4.72. The van der Waals surface area contributed by atoms with Gasteiger partial charge in [-0.15, -0.1) is 0 Å². The third-order valence-corrected chi connectivity index (χ3v) is 3.22. The van der Waals surface area contributed by atoms with Crippen molar-refractivity contribution in [1.82, 2.24) is 5.32 Å². The summed E-state index contributed by atoms with van der Waals surface area (Å²) in [4.78, 5) is 0. The van der Waals surface area contributed by atoms with Crippen molar-refractivity contribution in [3.05, 3.63) is 0 Å². The molecule has 0 heterocycles. The maximum Gasteiger partial charge on any atom is 0.0613 e. The van der Waals surface area contributed by atoms with Crippen molar-refractivity contribution < 1.29 is 5.11 Å². The summed E-state index contributed by atoms with van der Waals surface area (Å²) in [5.74, 6) is 0. The van der Waals surface area contributed by atoms with Crippen LogP contribution in [0.1, 0.15) is 53.4 Å². The minimum Gasteiger partial charge on any atom is -0.394 e. The Labute approximate surface area is 88.1 Å². The number of aliphatic hydroxyl groups is 1. The van der Waals surface area contributed by atoms with Gasteiger partial charge in [0.25, 0.3) is 0 Å². The molecule has 2 nitrogen and oxygen atoms in total. The average molecular weight is 199 g/mol. The highest BCUT2D eigenvalue weighted by atomic mass is 16.3. The highest BCUT2D eigenvalue weighted by Crippen LogP contribution is 2.40. The molecule has 0 amide bonds. The highest BCUT2D eigenvalue weighted by Gasteiger charge is 2.39. The summed E-state index contributed by atoms with van der Waals surface area (Å²) in [6.45, 7) is 9.18. The first-order valence-electron chi connectivity index (χ1n) is 5.78. The van der Waals surface area contributed by atoms with Crippen LogP contribution in [0.15, 0.2) is 0 Å². The van der Waals surface area contributed by atoms with Crippen LogP contribution in [0.5, 0.6) is 0 Å². The maximum atomic E-state index is 9.56. The molecule has 1 aliphatic rings. The maximum absolute atomic E-state index is 9.56. The lowest BCUT2D eigenvalue weighted by Gasteiger charge is -2.45. The molecule has 1 aliphatic carbocycles. The van der Waals surface area contributed by atoms with Gasteiger partial charge in [-0.1, -0.05) is 34.1 Å². The molecule has 84 valence electrons. The molecule has 0 aromatic heterocycles. The molecule has 1 atom stereocenters. The van der Waals surface area contributed by atoms with Crippen molar-refractivity contribution in [2.75, 3.05) is 6.61 Å². The molecule has 0 bridgehead atoms. The Hall–Kier alpha value is -0.0800. The topological polar surface area (TPSA) is 32.3 Å². The Morgan fingerprint density at radius 3 is 2.36 bits per heavy atom. The Bertz CT molecular complexity index is 189. The Balaban J connectivity index is 2.68. The first kappa shape index (κ1) is 12.0. The van der Waals surface area contributed by atoms with E-state index >= 15 is 0 Å². The predicted octanol–water partition coefficient (Wildman–Crippen LogP) is 2.32. The van der Waals surface area contributed by atoms with Crippen LogP contribution in [-0.4, -0.2) is 23.3 Å². The summed E-state index contributed by atoms with van der Waals surface area (Å²) >= 11 is 0. The van der Waals surface area contributed by atoms with Crippen molar-refractivity contribution >= 4 is 0 Å². The van der Waals surface area contributed by atoms with Gasteiger partial charge < -0.3 is 10.4 Å². The zero-order valence-electron chi connectivity index (χ0n) is 10.1. The highest BCUT2D eigenvalue weighted by molar-refractivity contribution is 4.97. The number of rotatable bonds is 3. The number of hydrogen-bond acceptors (Lipinski definition) is 2. The molecule has 1 rings (SSSR count). The second kappa shape index (κ2) is 4.19. The van der Waals surface area contributed by atoms with Crippen LogP contribution in [0.3, 0.4) is 0 Å². The largest absolute Gasteiger partial charge is 0.394 e. The Kier molecular flexibility index (Phi) is 3.59. The third kappa shape index (κ3) is 2.96. The van der Waals surface area contributed by atoms with E-state index in [1.807, 2.05) is 0 Å². The van der Waals surface area contributed by atoms with E-state index in [1.165, 1.54) is 12.8 Å². The van der Waals surface area contributed by atoms with Crippen LogP contribution in [0.4, 0.5) is 0 Å². The molecule has 0 aromatic rings. The zero-order valence-corrected chi connectivity index (χ0v) is 10.1. The van der Waals surface area contributed by atoms with Crippen LogP contribution < -0.4 is 5.32 Å². The summed E-state index contributed by atoms with van der Waals surface area (Å²) in [5, 5.41) is 13.1. The van der Waals surface area contributed by atoms with Gasteiger partial charge in [0.2, 0.25) is 0 Å². The molecule has 0 aromatic carbocycles. The van der Waals surface area contributed by atoms with E-state index in [4.69, 9.17) is 0 Å². The molecular weight excluding hydrogens is 174 g/mol. The van der Waals surface area contributed by atoms with Gasteiger partial charge in [-0.25, -0.2) is 0 Å². The van der Waals surface area contributed by atoms with E-state index in [1.54, 1.807) is 0 Å². The minimum absolute atomic E-state index is 0.0179. The van der Waals surface area contributed by atoms with E-state index in [2.05, 4.69) is 33.0 Å². The van der Waals surface area contributed by atoms with Crippen molar-refractivity contribution in [2.24, 2.45) is 5.41 Å². The van der Waals surface area contributed by atoms with Crippen LogP contribution in [-0.2, 0) is 0 Å². The molecule has 0 spiro atoms. The van der Waals surface area contributed by atoms with Gasteiger partial charge in [-0.05, 0) is 24.7 Å². The van der Waals surface area contributed by atoms with Gasteiger partial charge in [0.1, 0.15) is 0 Å². The smallest absolute Gasteiger partial charge is 0.0613 e. The predicted molar refractivity (Wildman–Crippen MR) is 60.3 cm³/mol. The standard InChI is InChI=1S/C12H25NO/c1-10(2)13-12(9-14)7-5-6-11(3,4)8-12/h10,13-14H,5-9H2,1-4H3. The van der Waals surface area contributed by atoms with Gasteiger partial charge in [0.05, 0.1) is 6.61 Å². The molecule has 0 radical (unpaired) electrons.